The molecule has 1 atom stereocenters. The van der Waals surface area contributed by atoms with Crippen LogP contribution in [0.4, 0.5) is 4.39 Å². The fraction of sp³-hybridized carbons (Fsp3) is 0.143. The fourth-order valence-corrected chi connectivity index (χ4v) is 2.01. The molecule has 0 saturated heterocycles. The zero-order valence-corrected chi connectivity index (χ0v) is 11.2. The maximum absolute atomic E-state index is 14.0. The average Bonchev–Trinajstić information content (AvgIpc) is 3.00. The lowest BCUT2D eigenvalue weighted by molar-refractivity contribution is 0.0935. The number of hydrogen-bond acceptors (Lipinski definition) is 4. The van der Waals surface area contributed by atoms with Gasteiger partial charge < -0.3 is 10.3 Å². The Morgan fingerprint density at radius 3 is 2.67 bits per heavy atom. The van der Waals surface area contributed by atoms with Crippen molar-refractivity contribution in [2.45, 2.75) is 13.0 Å². The summed E-state index contributed by atoms with van der Waals surface area (Å²) >= 11 is 0. The van der Waals surface area contributed by atoms with Crippen LogP contribution < -0.4 is 5.32 Å². The molecule has 3 aromatic rings. The van der Waals surface area contributed by atoms with Gasteiger partial charge in [-0.25, -0.2) is 9.37 Å². The highest BCUT2D eigenvalue weighted by Gasteiger charge is 2.17. The molecule has 0 saturated carbocycles. The predicted octanol–water partition coefficient (Wildman–Crippen LogP) is 1.98. The first-order valence-corrected chi connectivity index (χ1v) is 6.34. The van der Waals surface area contributed by atoms with Crippen molar-refractivity contribution in [3.63, 3.8) is 0 Å². The Balaban J connectivity index is 1.89. The van der Waals surface area contributed by atoms with Gasteiger partial charge in [-0.2, -0.15) is 0 Å². The van der Waals surface area contributed by atoms with E-state index in [-0.39, 0.29) is 11.6 Å². The fourth-order valence-electron chi connectivity index (χ4n) is 2.01. The number of amides is 1. The number of nitrogens with one attached hydrogen (secondary N) is 2. The van der Waals surface area contributed by atoms with E-state index in [0.29, 0.717) is 11.0 Å². The molecule has 106 valence electrons. The highest BCUT2D eigenvalue weighted by Crippen LogP contribution is 2.17. The molecule has 0 aliphatic rings. The van der Waals surface area contributed by atoms with Crippen LogP contribution in [0.3, 0.4) is 0 Å². The van der Waals surface area contributed by atoms with Crippen LogP contribution in [-0.2, 0) is 0 Å². The van der Waals surface area contributed by atoms with Crippen molar-refractivity contribution in [3.05, 3.63) is 54.1 Å². The zero-order chi connectivity index (χ0) is 14.8. The summed E-state index contributed by atoms with van der Waals surface area (Å²) in [7, 11) is 0. The first kappa shape index (κ1) is 13.2. The number of carbonyl (C=O) groups excluding carboxylic acids is 1. The summed E-state index contributed by atoms with van der Waals surface area (Å²) in [6.45, 7) is 1.78. The summed E-state index contributed by atoms with van der Waals surface area (Å²) in [6.07, 6.45) is 6.09. The normalized spacial score (nSPS) is 12.3. The highest BCUT2D eigenvalue weighted by atomic mass is 19.1. The van der Waals surface area contributed by atoms with E-state index in [1.807, 2.05) is 0 Å². The first-order chi connectivity index (χ1) is 10.1. The van der Waals surface area contributed by atoms with E-state index < -0.39 is 11.7 Å². The van der Waals surface area contributed by atoms with Crippen molar-refractivity contribution in [3.8, 4) is 0 Å². The number of hydrogen-bond donors (Lipinski definition) is 2. The standard InChI is InChI=1S/C14H12FN5O/c1-8(13-6-16-7-19-13)20-14(21)9-4-11-12(5-10(9)15)18-3-2-17-11/h2-8H,1H3,(H,16,19)(H,20,21). The lowest BCUT2D eigenvalue weighted by atomic mass is 10.1. The molecule has 1 unspecified atom stereocenters. The van der Waals surface area contributed by atoms with Crippen LogP contribution in [0.15, 0.2) is 37.1 Å². The molecule has 0 spiro atoms. The van der Waals surface area contributed by atoms with Crippen molar-refractivity contribution in [2.24, 2.45) is 0 Å². The average molecular weight is 285 g/mol. The van der Waals surface area contributed by atoms with Gasteiger partial charge >= 0.3 is 0 Å². The topological polar surface area (TPSA) is 83.6 Å². The summed E-state index contributed by atoms with van der Waals surface area (Å²) in [6, 6.07) is 2.29. The van der Waals surface area contributed by atoms with Gasteiger partial charge in [0.05, 0.1) is 40.9 Å². The van der Waals surface area contributed by atoms with E-state index in [1.54, 1.807) is 13.1 Å². The molecule has 0 aliphatic carbocycles. The minimum atomic E-state index is -0.627. The first-order valence-electron chi connectivity index (χ1n) is 6.34. The number of halogens is 1. The third-order valence-electron chi connectivity index (χ3n) is 3.14. The maximum atomic E-state index is 14.0. The molecule has 2 aromatic heterocycles. The molecule has 2 heterocycles. The Kier molecular flexibility index (Phi) is 3.31. The van der Waals surface area contributed by atoms with Gasteiger partial charge in [0.15, 0.2) is 0 Å². The van der Waals surface area contributed by atoms with Crippen molar-refractivity contribution < 1.29 is 9.18 Å². The molecular weight excluding hydrogens is 273 g/mol. The van der Waals surface area contributed by atoms with E-state index in [9.17, 15) is 9.18 Å². The Morgan fingerprint density at radius 2 is 2.00 bits per heavy atom. The second-order valence-electron chi connectivity index (χ2n) is 4.58. The quantitative estimate of drug-likeness (QED) is 0.770. The van der Waals surface area contributed by atoms with Crippen molar-refractivity contribution in [1.29, 1.82) is 0 Å². The van der Waals surface area contributed by atoms with Gasteiger partial charge in [0.2, 0.25) is 0 Å². The molecular formula is C14H12FN5O. The van der Waals surface area contributed by atoms with Crippen molar-refractivity contribution >= 4 is 16.9 Å². The van der Waals surface area contributed by atoms with Gasteiger partial charge in [-0.3, -0.25) is 14.8 Å². The van der Waals surface area contributed by atoms with E-state index in [4.69, 9.17) is 0 Å². The largest absolute Gasteiger partial charge is 0.347 e. The number of H-pyrrole nitrogens is 1. The molecule has 1 amide bonds. The van der Waals surface area contributed by atoms with E-state index in [0.717, 1.165) is 5.69 Å². The van der Waals surface area contributed by atoms with Crippen molar-refractivity contribution in [1.82, 2.24) is 25.3 Å². The Bertz CT molecular complexity index is 787. The number of nitrogens with zero attached hydrogens (tertiary/aromatic N) is 3. The number of benzene rings is 1. The number of rotatable bonds is 3. The maximum Gasteiger partial charge on any atom is 0.254 e. The van der Waals surface area contributed by atoms with Crippen molar-refractivity contribution in [2.75, 3.05) is 0 Å². The molecule has 6 nitrogen and oxygen atoms in total. The van der Waals surface area contributed by atoms with Gasteiger partial charge in [-0.15, -0.1) is 0 Å². The van der Waals surface area contributed by atoms with Crippen LogP contribution in [0.25, 0.3) is 11.0 Å². The predicted molar refractivity (Wildman–Crippen MR) is 74.0 cm³/mol. The summed E-state index contributed by atoms with van der Waals surface area (Å²) in [5.41, 5.74) is 1.56. The van der Waals surface area contributed by atoms with Crippen LogP contribution in [0.1, 0.15) is 29.0 Å². The van der Waals surface area contributed by atoms with Crippen LogP contribution >= 0.6 is 0 Å². The van der Waals surface area contributed by atoms with Crippen LogP contribution in [-0.4, -0.2) is 25.8 Å². The van der Waals surface area contributed by atoms with Crippen LogP contribution in [0, 0.1) is 5.82 Å². The molecule has 7 heteroatoms. The van der Waals surface area contributed by atoms with Gasteiger partial charge in [0.1, 0.15) is 5.82 Å². The molecule has 2 N–H and O–H groups in total. The number of imidazole rings is 1. The monoisotopic (exact) mass is 285 g/mol. The summed E-state index contributed by atoms with van der Waals surface area (Å²) in [5.74, 6) is -1.14. The molecule has 21 heavy (non-hydrogen) atoms. The lowest BCUT2D eigenvalue weighted by Crippen LogP contribution is -2.27. The van der Waals surface area contributed by atoms with Crippen LogP contribution in [0.2, 0.25) is 0 Å². The Morgan fingerprint density at radius 1 is 1.29 bits per heavy atom. The third-order valence-corrected chi connectivity index (χ3v) is 3.14. The van der Waals surface area contributed by atoms with Crippen LogP contribution in [0.5, 0.6) is 0 Å². The minimum absolute atomic E-state index is 0.0608. The molecule has 0 aliphatic heterocycles. The summed E-state index contributed by atoms with van der Waals surface area (Å²) < 4.78 is 14.0. The van der Waals surface area contributed by atoms with E-state index >= 15 is 0 Å². The molecule has 3 rings (SSSR count). The number of carbonyl (C=O) groups is 1. The highest BCUT2D eigenvalue weighted by molar-refractivity contribution is 5.97. The Labute approximate surface area is 119 Å². The van der Waals surface area contributed by atoms with Gasteiger partial charge in [-0.05, 0) is 13.0 Å². The molecule has 0 bridgehead atoms. The van der Waals surface area contributed by atoms with Gasteiger partial charge in [-0.1, -0.05) is 0 Å². The second kappa shape index (κ2) is 5.28. The van der Waals surface area contributed by atoms with Gasteiger partial charge in [0, 0.05) is 18.5 Å². The molecule has 0 fully saturated rings. The lowest BCUT2D eigenvalue weighted by Gasteiger charge is -2.12. The van der Waals surface area contributed by atoms with Gasteiger partial charge in [0.25, 0.3) is 5.91 Å². The summed E-state index contributed by atoms with van der Waals surface area (Å²) in [5, 5.41) is 2.71. The number of aromatic nitrogens is 4. The SMILES string of the molecule is CC(NC(=O)c1cc2nccnc2cc1F)c1cnc[nH]1. The third kappa shape index (κ3) is 2.58. The number of fused-ring (bicyclic) bond motifs is 1. The molecule has 0 radical (unpaired) electrons. The smallest absolute Gasteiger partial charge is 0.254 e. The molecule has 1 aromatic carbocycles. The second-order valence-corrected chi connectivity index (χ2v) is 4.58. The minimum Gasteiger partial charge on any atom is -0.347 e. The van der Waals surface area contributed by atoms with E-state index in [2.05, 4.69) is 25.3 Å². The number of aromatic amines is 1. The zero-order valence-electron chi connectivity index (χ0n) is 11.2. The Hall–Kier alpha value is -2.83. The van der Waals surface area contributed by atoms with E-state index in [1.165, 1.54) is 30.9 Å². The summed E-state index contributed by atoms with van der Waals surface area (Å²) in [4.78, 5) is 27.0.